The fourth-order valence-electron chi connectivity index (χ4n) is 0.795. The van der Waals surface area contributed by atoms with Gasteiger partial charge in [0.05, 0.1) is 5.57 Å². The summed E-state index contributed by atoms with van der Waals surface area (Å²) in [5, 5.41) is 0. The molecule has 0 aromatic carbocycles. The van der Waals surface area contributed by atoms with E-state index in [2.05, 4.69) is 15.9 Å². The first-order valence-corrected chi connectivity index (χ1v) is 4.95. The van der Waals surface area contributed by atoms with Crippen LogP contribution in [0.5, 0.6) is 0 Å². The van der Waals surface area contributed by atoms with Crippen molar-refractivity contribution in [1.82, 2.24) is 4.90 Å². The molecule has 0 rings (SSSR count). The molecular formula is C10H15BrN2O. The molecule has 0 unspecified atom stereocenters. The SMILES string of the molecule is C\C=C/C(Br)=C\C(=C\N)C(=O)N(C)C. The molecular weight excluding hydrogens is 244 g/mol. The Balaban J connectivity index is 4.78. The van der Waals surface area contributed by atoms with Crippen molar-refractivity contribution in [2.45, 2.75) is 6.92 Å². The predicted octanol–water partition coefficient (Wildman–Crippen LogP) is 1.77. The van der Waals surface area contributed by atoms with Crippen molar-refractivity contribution in [1.29, 1.82) is 0 Å². The van der Waals surface area contributed by atoms with Crippen molar-refractivity contribution in [3.8, 4) is 0 Å². The summed E-state index contributed by atoms with van der Waals surface area (Å²) < 4.78 is 0.812. The molecule has 3 nitrogen and oxygen atoms in total. The van der Waals surface area contributed by atoms with Crippen LogP contribution in [0.2, 0.25) is 0 Å². The van der Waals surface area contributed by atoms with Crippen LogP contribution in [0.4, 0.5) is 0 Å². The third kappa shape index (κ3) is 4.28. The predicted molar refractivity (Wildman–Crippen MR) is 62.8 cm³/mol. The van der Waals surface area contributed by atoms with E-state index >= 15 is 0 Å². The number of halogens is 1. The number of carbonyl (C=O) groups is 1. The van der Waals surface area contributed by atoms with E-state index in [1.54, 1.807) is 20.2 Å². The lowest BCUT2D eigenvalue weighted by atomic mass is 10.2. The van der Waals surface area contributed by atoms with Gasteiger partial charge in [-0.15, -0.1) is 0 Å². The van der Waals surface area contributed by atoms with Crippen molar-refractivity contribution in [2.75, 3.05) is 14.1 Å². The van der Waals surface area contributed by atoms with Crippen LogP contribution in [0.15, 0.2) is 34.5 Å². The second-order valence-corrected chi connectivity index (χ2v) is 3.77. The molecule has 0 aliphatic heterocycles. The highest BCUT2D eigenvalue weighted by Crippen LogP contribution is 2.11. The van der Waals surface area contributed by atoms with E-state index in [4.69, 9.17) is 5.73 Å². The van der Waals surface area contributed by atoms with Crippen LogP contribution in [-0.4, -0.2) is 24.9 Å². The minimum atomic E-state index is -0.117. The standard InChI is InChI=1S/C10H15BrN2O/c1-4-5-9(11)6-8(7-12)10(14)13(2)3/h4-7H,12H2,1-3H3/b5-4-,8-7-,9-6+. The van der Waals surface area contributed by atoms with E-state index in [9.17, 15) is 4.79 Å². The van der Waals surface area contributed by atoms with Crippen molar-refractivity contribution >= 4 is 21.8 Å². The smallest absolute Gasteiger partial charge is 0.254 e. The third-order valence-electron chi connectivity index (χ3n) is 1.45. The lowest BCUT2D eigenvalue weighted by Crippen LogP contribution is -2.23. The van der Waals surface area contributed by atoms with Crippen LogP contribution in [0, 0.1) is 0 Å². The lowest BCUT2D eigenvalue weighted by molar-refractivity contribution is -0.124. The number of rotatable bonds is 3. The van der Waals surface area contributed by atoms with Gasteiger partial charge in [0.25, 0.3) is 5.91 Å². The van der Waals surface area contributed by atoms with Crippen LogP contribution >= 0.6 is 15.9 Å². The summed E-state index contributed by atoms with van der Waals surface area (Å²) in [6.45, 7) is 1.90. The molecule has 0 spiro atoms. The van der Waals surface area contributed by atoms with Gasteiger partial charge in [0.15, 0.2) is 0 Å². The van der Waals surface area contributed by atoms with Gasteiger partial charge in [-0.25, -0.2) is 0 Å². The zero-order valence-corrected chi connectivity index (χ0v) is 10.2. The summed E-state index contributed by atoms with van der Waals surface area (Å²) in [5.74, 6) is -0.117. The van der Waals surface area contributed by atoms with Crippen LogP contribution in [0.3, 0.4) is 0 Å². The fraction of sp³-hybridized carbons (Fsp3) is 0.300. The van der Waals surface area contributed by atoms with Gasteiger partial charge < -0.3 is 10.6 Å². The van der Waals surface area contributed by atoms with Crippen LogP contribution in [-0.2, 0) is 4.79 Å². The van der Waals surface area contributed by atoms with Gasteiger partial charge in [0, 0.05) is 24.8 Å². The maximum Gasteiger partial charge on any atom is 0.254 e. The average Bonchev–Trinajstić information content (AvgIpc) is 2.13. The average molecular weight is 259 g/mol. The Kier molecular flexibility index (Phi) is 5.95. The molecule has 0 aromatic rings. The minimum Gasteiger partial charge on any atom is -0.404 e. The Bertz CT molecular complexity index is 290. The van der Waals surface area contributed by atoms with Gasteiger partial charge >= 0.3 is 0 Å². The number of hydrogen-bond donors (Lipinski definition) is 1. The van der Waals surface area contributed by atoms with Gasteiger partial charge in [0.1, 0.15) is 0 Å². The molecule has 0 bridgehead atoms. The topological polar surface area (TPSA) is 46.3 Å². The third-order valence-corrected chi connectivity index (χ3v) is 1.95. The van der Waals surface area contributed by atoms with Gasteiger partial charge in [-0.1, -0.05) is 28.1 Å². The maximum absolute atomic E-state index is 11.5. The number of nitrogens with two attached hydrogens (primary N) is 1. The second-order valence-electron chi connectivity index (χ2n) is 2.85. The summed E-state index contributed by atoms with van der Waals surface area (Å²) in [6.07, 6.45) is 6.69. The Labute approximate surface area is 93.1 Å². The highest BCUT2D eigenvalue weighted by Gasteiger charge is 2.08. The molecule has 1 amide bonds. The molecule has 14 heavy (non-hydrogen) atoms. The van der Waals surface area contributed by atoms with Crippen molar-refractivity contribution in [3.63, 3.8) is 0 Å². The number of nitrogens with zero attached hydrogens (tertiary/aromatic N) is 1. The van der Waals surface area contributed by atoms with E-state index in [0.717, 1.165) is 4.48 Å². The minimum absolute atomic E-state index is 0.117. The molecule has 0 aliphatic carbocycles. The number of carbonyl (C=O) groups excluding carboxylic acids is 1. The molecule has 0 aromatic heterocycles. The quantitative estimate of drug-likeness (QED) is 0.620. The molecule has 0 saturated heterocycles. The van der Waals surface area contributed by atoms with E-state index < -0.39 is 0 Å². The summed E-state index contributed by atoms with van der Waals surface area (Å²) in [5.41, 5.74) is 5.82. The fourth-order valence-corrected chi connectivity index (χ4v) is 1.31. The van der Waals surface area contributed by atoms with E-state index in [1.807, 2.05) is 19.1 Å². The van der Waals surface area contributed by atoms with Crippen LogP contribution < -0.4 is 5.73 Å². The van der Waals surface area contributed by atoms with Gasteiger partial charge in [-0.2, -0.15) is 0 Å². The molecule has 0 aliphatic rings. The Morgan fingerprint density at radius 2 is 2.00 bits per heavy atom. The number of hydrogen-bond acceptors (Lipinski definition) is 2. The Morgan fingerprint density at radius 1 is 1.43 bits per heavy atom. The Hall–Kier alpha value is -1.03. The molecule has 4 heteroatoms. The highest BCUT2D eigenvalue weighted by atomic mass is 79.9. The molecule has 0 heterocycles. The molecule has 78 valence electrons. The summed E-state index contributed by atoms with van der Waals surface area (Å²) >= 11 is 3.30. The highest BCUT2D eigenvalue weighted by molar-refractivity contribution is 9.11. The monoisotopic (exact) mass is 258 g/mol. The zero-order chi connectivity index (χ0) is 11.1. The number of amides is 1. The van der Waals surface area contributed by atoms with E-state index in [1.165, 1.54) is 11.1 Å². The van der Waals surface area contributed by atoms with E-state index in [-0.39, 0.29) is 5.91 Å². The zero-order valence-electron chi connectivity index (χ0n) is 8.62. The second kappa shape index (κ2) is 6.43. The summed E-state index contributed by atoms with van der Waals surface area (Å²) in [6, 6.07) is 0. The maximum atomic E-state index is 11.5. The van der Waals surface area contributed by atoms with Gasteiger partial charge in [-0.05, 0) is 13.0 Å². The van der Waals surface area contributed by atoms with Crippen molar-refractivity contribution < 1.29 is 4.79 Å². The molecule has 0 saturated carbocycles. The van der Waals surface area contributed by atoms with Crippen molar-refractivity contribution in [2.24, 2.45) is 5.73 Å². The van der Waals surface area contributed by atoms with Crippen LogP contribution in [0.1, 0.15) is 6.92 Å². The lowest BCUT2D eigenvalue weighted by Gasteiger charge is -2.10. The summed E-state index contributed by atoms with van der Waals surface area (Å²) in [4.78, 5) is 13.0. The van der Waals surface area contributed by atoms with Gasteiger partial charge in [0.2, 0.25) is 0 Å². The largest absolute Gasteiger partial charge is 0.404 e. The summed E-state index contributed by atoms with van der Waals surface area (Å²) in [7, 11) is 3.37. The molecule has 0 atom stereocenters. The first-order valence-electron chi connectivity index (χ1n) is 4.16. The molecule has 0 radical (unpaired) electrons. The first kappa shape index (κ1) is 13.0. The first-order chi connectivity index (χ1) is 6.52. The molecule has 0 fully saturated rings. The molecule has 2 N–H and O–H groups in total. The van der Waals surface area contributed by atoms with Crippen molar-refractivity contribution in [3.05, 3.63) is 34.5 Å². The number of likely N-dealkylation sites (N-methyl/N-ethyl adjacent to an activating group) is 1. The van der Waals surface area contributed by atoms with Crippen LogP contribution in [0.25, 0.3) is 0 Å². The van der Waals surface area contributed by atoms with E-state index in [0.29, 0.717) is 5.57 Å². The van der Waals surface area contributed by atoms with Gasteiger partial charge in [-0.3, -0.25) is 4.79 Å². The normalized spacial score (nSPS) is 13.4. The number of allylic oxidation sites excluding steroid dienone is 3. The Morgan fingerprint density at radius 3 is 2.36 bits per heavy atom.